The largest absolute Gasteiger partial charge is 0.507 e. The molecule has 138 valence electrons. The number of hydrogen-bond acceptors (Lipinski definition) is 6. The van der Waals surface area contributed by atoms with Gasteiger partial charge >= 0.3 is 11.9 Å². The summed E-state index contributed by atoms with van der Waals surface area (Å²) in [7, 11) is 0. The van der Waals surface area contributed by atoms with Crippen molar-refractivity contribution < 1.29 is 34.5 Å². The van der Waals surface area contributed by atoms with Gasteiger partial charge in [-0.1, -0.05) is 12.1 Å². The molecule has 2 aromatic carbocycles. The van der Waals surface area contributed by atoms with E-state index in [2.05, 4.69) is 0 Å². The number of rotatable bonds is 5. The van der Waals surface area contributed by atoms with Gasteiger partial charge in [0.2, 0.25) is 11.8 Å². The summed E-state index contributed by atoms with van der Waals surface area (Å²) in [4.78, 5) is 48.5. The van der Waals surface area contributed by atoms with Gasteiger partial charge in [-0.05, 0) is 24.3 Å². The highest BCUT2D eigenvalue weighted by Crippen LogP contribution is 2.36. The normalized spacial score (nSPS) is 16.6. The lowest BCUT2D eigenvalue weighted by molar-refractivity contribution is -0.121. The molecule has 0 radical (unpaired) electrons. The van der Waals surface area contributed by atoms with Gasteiger partial charge in [-0.15, -0.1) is 11.8 Å². The van der Waals surface area contributed by atoms with E-state index in [0.29, 0.717) is 4.90 Å². The first kappa shape index (κ1) is 18.5. The van der Waals surface area contributed by atoms with Gasteiger partial charge in [0.25, 0.3) is 0 Å². The Hall–Kier alpha value is -3.33. The second kappa shape index (κ2) is 7.12. The summed E-state index contributed by atoms with van der Waals surface area (Å²) in [6.07, 6.45) is -0.140. The summed E-state index contributed by atoms with van der Waals surface area (Å²) in [5.41, 5.74) is -0.258. The summed E-state index contributed by atoms with van der Waals surface area (Å²) < 4.78 is 0. The van der Waals surface area contributed by atoms with E-state index in [1.807, 2.05) is 0 Å². The molecule has 0 bridgehead atoms. The Morgan fingerprint density at radius 3 is 2.30 bits per heavy atom. The Morgan fingerprint density at radius 1 is 1.00 bits per heavy atom. The van der Waals surface area contributed by atoms with Crippen LogP contribution in [0.1, 0.15) is 27.1 Å². The number of thioether (sulfide) groups is 1. The third-order valence-corrected chi connectivity index (χ3v) is 5.22. The number of phenols is 1. The number of carbonyl (C=O) groups is 4. The van der Waals surface area contributed by atoms with Crippen LogP contribution in [0.15, 0.2) is 47.4 Å². The van der Waals surface area contributed by atoms with E-state index in [9.17, 15) is 29.4 Å². The van der Waals surface area contributed by atoms with Crippen molar-refractivity contribution in [3.05, 3.63) is 53.6 Å². The zero-order valence-electron chi connectivity index (χ0n) is 13.7. The first-order valence-corrected chi connectivity index (χ1v) is 8.59. The minimum absolute atomic E-state index is 0.0321. The van der Waals surface area contributed by atoms with Crippen LogP contribution in [0.25, 0.3) is 0 Å². The van der Waals surface area contributed by atoms with E-state index in [0.717, 1.165) is 28.8 Å². The number of nitrogens with zero attached hydrogens (tertiary/aromatic N) is 1. The van der Waals surface area contributed by atoms with Crippen LogP contribution in [0.4, 0.5) is 5.69 Å². The van der Waals surface area contributed by atoms with Gasteiger partial charge < -0.3 is 15.3 Å². The molecular weight excluding hydrogens is 374 g/mol. The third kappa shape index (κ3) is 3.49. The molecule has 2 amide bonds. The Balaban J connectivity index is 1.87. The molecule has 0 spiro atoms. The lowest BCUT2D eigenvalue weighted by Gasteiger charge is -2.16. The number of benzene rings is 2. The summed E-state index contributed by atoms with van der Waals surface area (Å²) >= 11 is 0.979. The average Bonchev–Trinajstić information content (AvgIpc) is 2.88. The SMILES string of the molecule is O=C(O)c1ccc(N2C(=O)CC(Sc3ccccc3C(=O)O)C2=O)cc1O. The lowest BCUT2D eigenvalue weighted by atomic mass is 10.1. The lowest BCUT2D eigenvalue weighted by Crippen LogP contribution is -2.31. The highest BCUT2D eigenvalue weighted by Gasteiger charge is 2.40. The second-order valence-corrected chi connectivity index (χ2v) is 6.93. The first-order chi connectivity index (χ1) is 12.8. The first-order valence-electron chi connectivity index (χ1n) is 7.71. The van der Waals surface area contributed by atoms with E-state index >= 15 is 0 Å². The van der Waals surface area contributed by atoms with E-state index in [1.54, 1.807) is 18.2 Å². The molecule has 1 aliphatic rings. The van der Waals surface area contributed by atoms with Gasteiger partial charge in [-0.25, -0.2) is 14.5 Å². The molecule has 8 nitrogen and oxygen atoms in total. The number of amides is 2. The number of aromatic carboxylic acids is 2. The topological polar surface area (TPSA) is 132 Å². The molecule has 3 rings (SSSR count). The molecule has 2 aromatic rings. The van der Waals surface area contributed by atoms with Crippen LogP contribution in [-0.4, -0.2) is 44.3 Å². The number of carbonyl (C=O) groups excluding carboxylic acids is 2. The molecule has 0 aliphatic carbocycles. The van der Waals surface area contributed by atoms with Crippen molar-refractivity contribution in [1.29, 1.82) is 0 Å². The number of carboxylic acid groups (broad SMARTS) is 2. The second-order valence-electron chi connectivity index (χ2n) is 5.69. The van der Waals surface area contributed by atoms with Gasteiger partial charge in [-0.3, -0.25) is 9.59 Å². The maximum absolute atomic E-state index is 12.7. The molecular formula is C18H13NO7S. The van der Waals surface area contributed by atoms with Crippen molar-refractivity contribution in [3.8, 4) is 5.75 Å². The predicted molar refractivity (Wildman–Crippen MR) is 95.2 cm³/mol. The van der Waals surface area contributed by atoms with Gasteiger partial charge in [0.1, 0.15) is 11.3 Å². The van der Waals surface area contributed by atoms with E-state index in [-0.39, 0.29) is 23.2 Å². The zero-order chi connectivity index (χ0) is 19.7. The Morgan fingerprint density at radius 2 is 1.67 bits per heavy atom. The Labute approximate surface area is 157 Å². The zero-order valence-corrected chi connectivity index (χ0v) is 14.5. The highest BCUT2D eigenvalue weighted by atomic mass is 32.2. The van der Waals surface area contributed by atoms with Crippen LogP contribution >= 0.6 is 11.8 Å². The van der Waals surface area contributed by atoms with E-state index in [1.165, 1.54) is 12.1 Å². The summed E-state index contributed by atoms with van der Waals surface area (Å²) in [6.45, 7) is 0. The van der Waals surface area contributed by atoms with Gasteiger partial charge in [-0.2, -0.15) is 0 Å². The summed E-state index contributed by atoms with van der Waals surface area (Å²) in [5.74, 6) is -4.12. The Bertz CT molecular complexity index is 972. The predicted octanol–water partition coefficient (Wildman–Crippen LogP) is 2.21. The molecule has 9 heteroatoms. The molecule has 27 heavy (non-hydrogen) atoms. The Kier molecular flexibility index (Phi) is 4.87. The van der Waals surface area contributed by atoms with Crippen molar-refractivity contribution in [2.75, 3.05) is 4.90 Å². The molecule has 1 fully saturated rings. The highest BCUT2D eigenvalue weighted by molar-refractivity contribution is 8.00. The van der Waals surface area contributed by atoms with Gasteiger partial charge in [0, 0.05) is 17.4 Å². The quantitative estimate of drug-likeness (QED) is 0.665. The van der Waals surface area contributed by atoms with E-state index < -0.39 is 34.8 Å². The van der Waals surface area contributed by atoms with Crippen molar-refractivity contribution >= 4 is 41.2 Å². The smallest absolute Gasteiger partial charge is 0.339 e. The molecule has 1 atom stereocenters. The number of carboxylic acids is 2. The number of hydrogen-bond donors (Lipinski definition) is 3. The fourth-order valence-corrected chi connectivity index (χ4v) is 3.88. The van der Waals surface area contributed by atoms with Crippen molar-refractivity contribution in [1.82, 2.24) is 0 Å². The van der Waals surface area contributed by atoms with E-state index in [4.69, 9.17) is 5.11 Å². The van der Waals surface area contributed by atoms with Crippen LogP contribution in [0.2, 0.25) is 0 Å². The van der Waals surface area contributed by atoms with Crippen molar-refractivity contribution in [2.45, 2.75) is 16.6 Å². The average molecular weight is 387 g/mol. The minimum Gasteiger partial charge on any atom is -0.507 e. The van der Waals surface area contributed by atoms with Crippen LogP contribution in [0.5, 0.6) is 5.75 Å². The molecule has 3 N–H and O–H groups in total. The van der Waals surface area contributed by atoms with Crippen molar-refractivity contribution in [2.24, 2.45) is 0 Å². The maximum atomic E-state index is 12.7. The molecule has 1 saturated heterocycles. The maximum Gasteiger partial charge on any atom is 0.339 e. The van der Waals surface area contributed by atoms with Crippen LogP contribution in [-0.2, 0) is 9.59 Å². The van der Waals surface area contributed by atoms with Crippen LogP contribution < -0.4 is 4.90 Å². The third-order valence-electron chi connectivity index (χ3n) is 3.96. The molecule has 1 unspecified atom stereocenters. The minimum atomic E-state index is -1.34. The summed E-state index contributed by atoms with van der Waals surface area (Å²) in [5, 5.41) is 27.2. The van der Waals surface area contributed by atoms with Gasteiger partial charge in [0.15, 0.2) is 0 Å². The summed E-state index contributed by atoms with van der Waals surface area (Å²) in [6, 6.07) is 9.57. The molecule has 0 saturated carbocycles. The molecule has 1 aliphatic heterocycles. The monoisotopic (exact) mass is 387 g/mol. The standard InChI is InChI=1S/C18H13NO7S/c20-12-7-9(5-6-10(12)17(23)24)19-15(21)8-14(16(19)22)27-13-4-2-1-3-11(13)18(25)26/h1-7,14,20H,8H2,(H,23,24)(H,25,26). The van der Waals surface area contributed by atoms with Gasteiger partial charge in [0.05, 0.1) is 16.5 Å². The fraction of sp³-hybridized carbons (Fsp3) is 0.111. The number of imide groups is 1. The fourth-order valence-electron chi connectivity index (χ4n) is 2.71. The van der Waals surface area contributed by atoms with Crippen LogP contribution in [0.3, 0.4) is 0 Å². The van der Waals surface area contributed by atoms with Crippen molar-refractivity contribution in [3.63, 3.8) is 0 Å². The number of anilines is 1. The number of aromatic hydroxyl groups is 1. The van der Waals surface area contributed by atoms with Crippen LogP contribution in [0, 0.1) is 0 Å². The molecule has 0 aromatic heterocycles. The molecule has 1 heterocycles.